The van der Waals surface area contributed by atoms with E-state index >= 15 is 0 Å². The van der Waals surface area contributed by atoms with E-state index in [1.165, 1.54) is 66.1 Å². The first-order chi connectivity index (χ1) is 23.8. The van der Waals surface area contributed by atoms with Crippen molar-refractivity contribution >= 4 is 49.9 Å². The lowest BCUT2D eigenvalue weighted by atomic mass is 9.95. The van der Waals surface area contributed by atoms with Crippen LogP contribution in [-0.2, 0) is 0 Å². The van der Waals surface area contributed by atoms with Crippen LogP contribution in [0.4, 0.5) is 17.3 Å². The van der Waals surface area contributed by atoms with Crippen LogP contribution in [0, 0.1) is 0 Å². The summed E-state index contributed by atoms with van der Waals surface area (Å²) in [6.45, 7) is 0. The van der Waals surface area contributed by atoms with Crippen molar-refractivity contribution in [3.63, 3.8) is 0 Å². The van der Waals surface area contributed by atoms with E-state index in [1.54, 1.807) is 0 Å². The van der Waals surface area contributed by atoms with Gasteiger partial charge >= 0.3 is 0 Å². The van der Waals surface area contributed by atoms with Crippen LogP contribution in [0.25, 0.3) is 82.8 Å². The Kier molecular flexibility index (Phi) is 5.11. The van der Waals surface area contributed by atoms with Gasteiger partial charge in [0.1, 0.15) is 0 Å². The van der Waals surface area contributed by atoms with Crippen LogP contribution < -0.4 is 4.90 Å². The minimum Gasteiger partial charge on any atom is -0.280 e. The fourth-order valence-corrected chi connectivity index (χ4v) is 8.16. The monoisotopic (exact) mass is 609 g/mol. The van der Waals surface area contributed by atoms with Crippen LogP contribution in [0.1, 0.15) is 0 Å². The Balaban J connectivity index is 1.18. The molecule has 1 aliphatic carbocycles. The molecule has 0 N–H and O–H groups in total. The molecule has 2 heterocycles. The van der Waals surface area contributed by atoms with Crippen molar-refractivity contribution in [1.82, 2.24) is 9.55 Å². The van der Waals surface area contributed by atoms with E-state index in [0.29, 0.717) is 0 Å². The SMILES string of the molecule is c1cc(-c2cc3c4c(cccc4c2)-c2ccccc2-3)cc(N2c3ccccc3-c3ccc4ccccc4c3-n3c2nc2ccccc23)c1. The highest BCUT2D eigenvalue weighted by Gasteiger charge is 2.30. The number of nitrogens with zero attached hydrogens (tertiary/aromatic N) is 3. The number of aromatic nitrogens is 2. The Morgan fingerprint density at radius 1 is 0.438 bits per heavy atom. The van der Waals surface area contributed by atoms with Gasteiger partial charge in [0.15, 0.2) is 0 Å². The van der Waals surface area contributed by atoms with Gasteiger partial charge in [0.25, 0.3) is 0 Å². The Hall–Kier alpha value is -6.45. The molecule has 11 rings (SSSR count). The lowest BCUT2D eigenvalue weighted by Crippen LogP contribution is -2.14. The van der Waals surface area contributed by atoms with E-state index in [0.717, 1.165) is 34.0 Å². The summed E-state index contributed by atoms with van der Waals surface area (Å²) in [5.74, 6) is 0.881. The van der Waals surface area contributed by atoms with E-state index in [9.17, 15) is 0 Å². The summed E-state index contributed by atoms with van der Waals surface area (Å²) in [5, 5.41) is 5.03. The molecule has 3 heteroatoms. The van der Waals surface area contributed by atoms with Gasteiger partial charge in [-0.25, -0.2) is 4.98 Å². The van der Waals surface area contributed by atoms with Crippen molar-refractivity contribution in [3.05, 3.63) is 164 Å². The molecule has 0 spiro atoms. The molecular formula is C45H27N3. The van der Waals surface area contributed by atoms with E-state index in [-0.39, 0.29) is 0 Å². The topological polar surface area (TPSA) is 21.1 Å². The zero-order valence-corrected chi connectivity index (χ0v) is 25.9. The second kappa shape index (κ2) is 9.54. The zero-order chi connectivity index (χ0) is 31.3. The minimum absolute atomic E-state index is 0.881. The summed E-state index contributed by atoms with van der Waals surface area (Å²) < 4.78 is 2.37. The lowest BCUT2D eigenvalue weighted by Gasteiger charge is -2.25. The number of rotatable bonds is 2. The molecule has 0 bridgehead atoms. The van der Waals surface area contributed by atoms with Crippen molar-refractivity contribution in [2.24, 2.45) is 0 Å². The predicted octanol–water partition coefficient (Wildman–Crippen LogP) is 12.1. The van der Waals surface area contributed by atoms with Crippen molar-refractivity contribution < 1.29 is 0 Å². The van der Waals surface area contributed by atoms with Crippen molar-refractivity contribution in [1.29, 1.82) is 0 Å². The van der Waals surface area contributed by atoms with E-state index < -0.39 is 0 Å². The average molecular weight is 610 g/mol. The third-order valence-electron chi connectivity index (χ3n) is 10.2. The maximum absolute atomic E-state index is 5.37. The first-order valence-corrected chi connectivity index (χ1v) is 16.5. The number of hydrogen-bond donors (Lipinski definition) is 0. The number of imidazole rings is 1. The van der Waals surface area contributed by atoms with Crippen LogP contribution in [0.15, 0.2) is 164 Å². The van der Waals surface area contributed by atoms with Gasteiger partial charge < -0.3 is 0 Å². The van der Waals surface area contributed by atoms with Gasteiger partial charge in [0.2, 0.25) is 5.95 Å². The van der Waals surface area contributed by atoms with Crippen molar-refractivity contribution in [2.45, 2.75) is 0 Å². The molecule has 0 saturated carbocycles. The van der Waals surface area contributed by atoms with E-state index in [2.05, 4.69) is 173 Å². The smallest absolute Gasteiger partial charge is 0.220 e. The maximum Gasteiger partial charge on any atom is 0.220 e. The predicted molar refractivity (Wildman–Crippen MR) is 200 cm³/mol. The molecule has 3 nitrogen and oxygen atoms in total. The molecule has 0 fully saturated rings. The number of hydrogen-bond acceptors (Lipinski definition) is 2. The Bertz CT molecular complexity index is 2800. The molecule has 0 radical (unpaired) electrons. The quantitative estimate of drug-likeness (QED) is 0.194. The number of fused-ring (bicyclic) bond motifs is 12. The summed E-state index contributed by atoms with van der Waals surface area (Å²) in [4.78, 5) is 7.72. The number of anilines is 3. The number of benzene rings is 8. The van der Waals surface area contributed by atoms with Gasteiger partial charge in [0.05, 0.1) is 22.4 Å². The third kappa shape index (κ3) is 3.45. The third-order valence-corrected chi connectivity index (χ3v) is 10.2. The summed E-state index contributed by atoms with van der Waals surface area (Å²) >= 11 is 0. The van der Waals surface area contributed by atoms with E-state index in [1.807, 2.05) is 0 Å². The van der Waals surface area contributed by atoms with Crippen LogP contribution in [-0.4, -0.2) is 9.55 Å². The first-order valence-electron chi connectivity index (χ1n) is 16.5. The molecule has 0 saturated heterocycles. The molecule has 8 aromatic carbocycles. The molecule has 9 aromatic rings. The summed E-state index contributed by atoms with van der Waals surface area (Å²) in [7, 11) is 0. The fourth-order valence-electron chi connectivity index (χ4n) is 8.16. The Labute approximate surface area is 277 Å². The van der Waals surface area contributed by atoms with Gasteiger partial charge in [-0.1, -0.05) is 121 Å². The van der Waals surface area contributed by atoms with Gasteiger partial charge in [0, 0.05) is 22.2 Å². The summed E-state index contributed by atoms with van der Waals surface area (Å²) in [5.41, 5.74) is 15.4. The highest BCUT2D eigenvalue weighted by molar-refractivity contribution is 6.16. The Morgan fingerprint density at radius 3 is 2.10 bits per heavy atom. The molecule has 48 heavy (non-hydrogen) atoms. The largest absolute Gasteiger partial charge is 0.280 e. The normalized spacial score (nSPS) is 12.5. The average Bonchev–Trinajstić information content (AvgIpc) is 3.64. The second-order valence-corrected chi connectivity index (χ2v) is 12.8. The van der Waals surface area contributed by atoms with Gasteiger partial charge in [-0.05, 0) is 92.0 Å². The van der Waals surface area contributed by atoms with Gasteiger partial charge in [-0.2, -0.15) is 0 Å². The fraction of sp³-hybridized carbons (Fsp3) is 0. The standard InChI is InChI=1S/C45H27N3/c1-2-15-33-28(11-1)23-24-38-36-18-5-7-21-41(36)47(45-46-40-20-6-8-22-42(40)48(45)44(33)38)32-14-9-12-29(26-32)31-25-30-13-10-19-37-34-16-3-4-17-35(34)39(27-31)43(30)37/h1-27H. The molecular weight excluding hydrogens is 583 g/mol. The molecule has 0 amide bonds. The molecule has 0 unspecified atom stereocenters. The number of para-hydroxylation sites is 3. The van der Waals surface area contributed by atoms with E-state index in [4.69, 9.17) is 4.98 Å². The Morgan fingerprint density at radius 2 is 1.17 bits per heavy atom. The van der Waals surface area contributed by atoms with Gasteiger partial charge in [-0.3, -0.25) is 9.47 Å². The molecule has 0 atom stereocenters. The molecule has 2 aliphatic rings. The lowest BCUT2D eigenvalue weighted by molar-refractivity contribution is 1.06. The van der Waals surface area contributed by atoms with Crippen LogP contribution >= 0.6 is 0 Å². The van der Waals surface area contributed by atoms with Crippen LogP contribution in [0.2, 0.25) is 0 Å². The molecule has 1 aromatic heterocycles. The maximum atomic E-state index is 5.37. The zero-order valence-electron chi connectivity index (χ0n) is 25.9. The van der Waals surface area contributed by atoms with Crippen molar-refractivity contribution in [2.75, 3.05) is 4.90 Å². The van der Waals surface area contributed by atoms with Crippen LogP contribution in [0.3, 0.4) is 0 Å². The van der Waals surface area contributed by atoms with Crippen LogP contribution in [0.5, 0.6) is 0 Å². The summed E-state index contributed by atoms with van der Waals surface area (Å²) in [6.07, 6.45) is 0. The first kappa shape index (κ1) is 25.7. The molecule has 222 valence electrons. The summed E-state index contributed by atoms with van der Waals surface area (Å²) in [6, 6.07) is 59.6. The second-order valence-electron chi connectivity index (χ2n) is 12.8. The van der Waals surface area contributed by atoms with Gasteiger partial charge in [-0.15, -0.1) is 0 Å². The molecule has 1 aliphatic heterocycles. The van der Waals surface area contributed by atoms with Crippen molar-refractivity contribution in [3.8, 4) is 50.2 Å². The highest BCUT2D eigenvalue weighted by atomic mass is 15.3. The minimum atomic E-state index is 0.881. The highest BCUT2D eigenvalue weighted by Crippen LogP contribution is 2.51.